The molecule has 0 bridgehead atoms. The van der Waals surface area contributed by atoms with Crippen molar-refractivity contribution in [2.45, 2.75) is 6.42 Å². The van der Waals surface area contributed by atoms with Gasteiger partial charge in [-0.15, -0.1) is 0 Å². The molecule has 1 aliphatic rings. The Morgan fingerprint density at radius 3 is 2.10 bits per heavy atom. The first-order valence-corrected chi connectivity index (χ1v) is 13.6. The number of carbonyl (C=O) groups is 1. The highest BCUT2D eigenvalue weighted by molar-refractivity contribution is 6.08. The lowest BCUT2D eigenvalue weighted by atomic mass is 9.89. The number of para-hydroxylation sites is 1. The molecule has 0 saturated carbocycles. The van der Waals surface area contributed by atoms with Gasteiger partial charge in [0.2, 0.25) is 0 Å². The zero-order valence-electron chi connectivity index (χ0n) is 21.9. The fraction of sp³-hybridized carbons (Fsp3) is 0.171. The first-order chi connectivity index (χ1) is 19.2. The average molecular weight is 513 g/mol. The van der Waals surface area contributed by atoms with Gasteiger partial charge in [-0.05, 0) is 96.2 Å². The number of hydrogen-bond acceptors (Lipinski definition) is 3. The molecule has 0 radical (unpaired) electrons. The number of fused-ring (bicyclic) bond motifs is 1. The number of carbonyl (C=O) groups excluding carboxylic acids is 1. The summed E-state index contributed by atoms with van der Waals surface area (Å²) < 4.78 is 6.01. The number of rotatable bonds is 8. The average Bonchev–Trinajstić information content (AvgIpc) is 3.43. The van der Waals surface area contributed by atoms with Crippen LogP contribution in [0.2, 0.25) is 0 Å². The van der Waals surface area contributed by atoms with Crippen LogP contribution >= 0.6 is 0 Å². The first-order valence-electron chi connectivity index (χ1n) is 13.6. The van der Waals surface area contributed by atoms with E-state index >= 15 is 0 Å². The van der Waals surface area contributed by atoms with Crippen LogP contribution in [0.15, 0.2) is 127 Å². The Morgan fingerprint density at radius 2 is 1.33 bits per heavy atom. The summed E-state index contributed by atoms with van der Waals surface area (Å²) in [5.74, 6) is 2.35. The van der Waals surface area contributed by atoms with E-state index in [2.05, 4.69) is 47.8 Å². The molecule has 6 rings (SSSR count). The van der Waals surface area contributed by atoms with E-state index in [4.69, 9.17) is 4.74 Å². The predicted molar refractivity (Wildman–Crippen MR) is 159 cm³/mol. The molecule has 0 unspecified atom stereocenters. The van der Waals surface area contributed by atoms with Crippen LogP contribution in [0.4, 0.5) is 5.69 Å². The number of anilines is 1. The van der Waals surface area contributed by atoms with Crippen molar-refractivity contribution < 1.29 is 9.53 Å². The van der Waals surface area contributed by atoms with Gasteiger partial charge in [0.05, 0.1) is 0 Å². The zero-order valence-corrected chi connectivity index (χ0v) is 21.9. The van der Waals surface area contributed by atoms with Crippen molar-refractivity contribution in [3.05, 3.63) is 139 Å². The molecule has 4 heteroatoms. The number of benzene rings is 5. The van der Waals surface area contributed by atoms with Crippen LogP contribution < -0.4 is 15.0 Å². The monoisotopic (exact) mass is 512 g/mol. The number of amides is 1. The van der Waals surface area contributed by atoms with E-state index < -0.39 is 0 Å². The van der Waals surface area contributed by atoms with E-state index in [-0.39, 0.29) is 5.91 Å². The summed E-state index contributed by atoms with van der Waals surface area (Å²) >= 11 is 0. The van der Waals surface area contributed by atoms with Crippen LogP contribution in [0.3, 0.4) is 0 Å². The van der Waals surface area contributed by atoms with E-state index in [1.54, 1.807) is 0 Å². The Morgan fingerprint density at radius 1 is 0.692 bits per heavy atom. The van der Waals surface area contributed by atoms with Crippen molar-refractivity contribution in [1.29, 1.82) is 0 Å². The largest absolute Gasteiger partial charge is 0.457 e. The van der Waals surface area contributed by atoms with Crippen molar-refractivity contribution >= 4 is 22.4 Å². The Bertz CT molecular complexity index is 1530. The highest BCUT2D eigenvalue weighted by Gasteiger charge is 2.31. The first kappa shape index (κ1) is 24.9. The van der Waals surface area contributed by atoms with Gasteiger partial charge in [-0.1, -0.05) is 78.9 Å². The second kappa shape index (κ2) is 11.5. The maximum atomic E-state index is 14.1. The Balaban J connectivity index is 1.28. The van der Waals surface area contributed by atoms with Crippen LogP contribution in [-0.4, -0.2) is 25.5 Å². The van der Waals surface area contributed by atoms with Gasteiger partial charge in [0.15, 0.2) is 0 Å². The molecular formula is C35H32N2O2. The van der Waals surface area contributed by atoms with Crippen molar-refractivity contribution in [2.24, 2.45) is 11.8 Å². The van der Waals surface area contributed by atoms with Gasteiger partial charge >= 0.3 is 0 Å². The normalized spacial score (nSPS) is 16.7. The van der Waals surface area contributed by atoms with Crippen LogP contribution in [0.1, 0.15) is 15.9 Å². The third-order valence-electron chi connectivity index (χ3n) is 7.61. The molecule has 39 heavy (non-hydrogen) atoms. The molecule has 194 valence electrons. The molecule has 1 fully saturated rings. The zero-order chi connectivity index (χ0) is 26.4. The SMILES string of the molecule is O=C(c1ccc2ccccc2c1)N(C[C@H]1CNC[C@@H]1Cc1ccccc1)c1ccc(Oc2ccccc2)cc1. The topological polar surface area (TPSA) is 41.6 Å². The molecule has 0 spiro atoms. The van der Waals surface area contributed by atoms with E-state index in [0.29, 0.717) is 23.9 Å². The molecule has 5 aromatic carbocycles. The van der Waals surface area contributed by atoms with E-state index in [1.807, 2.05) is 89.8 Å². The van der Waals surface area contributed by atoms with Gasteiger partial charge in [-0.25, -0.2) is 0 Å². The number of ether oxygens (including phenoxy) is 1. The van der Waals surface area contributed by atoms with Gasteiger partial charge < -0.3 is 15.0 Å². The number of nitrogens with zero attached hydrogens (tertiary/aromatic N) is 1. The van der Waals surface area contributed by atoms with Crippen LogP contribution in [0.25, 0.3) is 10.8 Å². The fourth-order valence-corrected chi connectivity index (χ4v) is 5.49. The van der Waals surface area contributed by atoms with Crippen molar-refractivity contribution in [1.82, 2.24) is 5.32 Å². The standard InChI is InChI=1S/C35H32N2O2/c38-35(29-16-15-27-11-7-8-12-28(27)22-29)37(25-31-24-36-23-30(31)21-26-9-3-1-4-10-26)32-17-19-34(20-18-32)39-33-13-5-2-6-14-33/h1-20,22,30-31,36H,21,23-25H2/t30-,31+/m0/s1. The minimum absolute atomic E-state index is 0.0165. The maximum absolute atomic E-state index is 14.1. The van der Waals surface area contributed by atoms with Crippen molar-refractivity contribution in [3.63, 3.8) is 0 Å². The molecule has 1 heterocycles. The summed E-state index contributed by atoms with van der Waals surface area (Å²) in [6, 6.07) is 42.4. The quantitative estimate of drug-likeness (QED) is 0.236. The highest BCUT2D eigenvalue weighted by atomic mass is 16.5. The molecule has 0 aromatic heterocycles. The molecule has 4 nitrogen and oxygen atoms in total. The van der Waals surface area contributed by atoms with E-state index in [0.717, 1.165) is 47.5 Å². The summed E-state index contributed by atoms with van der Waals surface area (Å²) in [6.45, 7) is 2.50. The lowest BCUT2D eigenvalue weighted by Crippen LogP contribution is -2.38. The van der Waals surface area contributed by atoms with E-state index in [1.165, 1.54) is 5.56 Å². The smallest absolute Gasteiger partial charge is 0.258 e. The van der Waals surface area contributed by atoms with Gasteiger partial charge in [0, 0.05) is 17.8 Å². The molecule has 5 aromatic rings. The van der Waals surface area contributed by atoms with Gasteiger partial charge in [-0.3, -0.25) is 4.79 Å². The van der Waals surface area contributed by atoms with Gasteiger partial charge in [0.1, 0.15) is 11.5 Å². The summed E-state index contributed by atoms with van der Waals surface area (Å²) in [4.78, 5) is 16.0. The second-order valence-corrected chi connectivity index (χ2v) is 10.3. The fourth-order valence-electron chi connectivity index (χ4n) is 5.49. The number of nitrogens with one attached hydrogen (secondary N) is 1. The summed E-state index contributed by atoms with van der Waals surface area (Å²) in [7, 11) is 0. The highest BCUT2D eigenvalue weighted by Crippen LogP contribution is 2.29. The minimum Gasteiger partial charge on any atom is -0.457 e. The summed E-state index contributed by atoms with van der Waals surface area (Å²) in [5, 5.41) is 5.78. The number of hydrogen-bond donors (Lipinski definition) is 1. The molecule has 0 aliphatic carbocycles. The lowest BCUT2D eigenvalue weighted by molar-refractivity contribution is 0.0981. The molecule has 1 N–H and O–H groups in total. The van der Waals surface area contributed by atoms with Crippen LogP contribution in [-0.2, 0) is 6.42 Å². The summed E-state index contributed by atoms with van der Waals surface area (Å²) in [6.07, 6.45) is 1.00. The third-order valence-corrected chi connectivity index (χ3v) is 7.61. The summed E-state index contributed by atoms with van der Waals surface area (Å²) in [5.41, 5.74) is 2.91. The maximum Gasteiger partial charge on any atom is 0.258 e. The van der Waals surface area contributed by atoms with Crippen LogP contribution in [0.5, 0.6) is 11.5 Å². The van der Waals surface area contributed by atoms with Gasteiger partial charge in [0.25, 0.3) is 5.91 Å². The molecule has 1 saturated heterocycles. The van der Waals surface area contributed by atoms with Crippen molar-refractivity contribution in [2.75, 3.05) is 24.5 Å². The van der Waals surface area contributed by atoms with Crippen molar-refractivity contribution in [3.8, 4) is 11.5 Å². The van der Waals surface area contributed by atoms with Crippen LogP contribution in [0, 0.1) is 11.8 Å². The predicted octanol–water partition coefficient (Wildman–Crippen LogP) is 7.36. The minimum atomic E-state index is 0.0165. The Kier molecular flexibility index (Phi) is 7.37. The molecular weight excluding hydrogens is 480 g/mol. The molecule has 1 amide bonds. The third kappa shape index (κ3) is 5.87. The molecule has 2 atom stereocenters. The molecule has 1 aliphatic heterocycles. The Labute approximate surface area is 229 Å². The van der Waals surface area contributed by atoms with Gasteiger partial charge in [-0.2, -0.15) is 0 Å². The Hall–Kier alpha value is -4.41. The lowest BCUT2D eigenvalue weighted by Gasteiger charge is -2.29. The van der Waals surface area contributed by atoms with E-state index in [9.17, 15) is 4.79 Å². The second-order valence-electron chi connectivity index (χ2n) is 10.3.